The molecule has 0 radical (unpaired) electrons. The van der Waals surface area contributed by atoms with Gasteiger partial charge in [0.1, 0.15) is 17.5 Å². The van der Waals surface area contributed by atoms with Gasteiger partial charge in [0.2, 0.25) is 5.78 Å². The molecule has 0 saturated carbocycles. The quantitative estimate of drug-likeness (QED) is 0.224. The van der Waals surface area contributed by atoms with Crippen molar-refractivity contribution in [3.05, 3.63) is 107 Å². The molecule has 0 aliphatic rings. The number of anilines is 1. The van der Waals surface area contributed by atoms with E-state index >= 15 is 0 Å². The molecule has 1 atom stereocenters. The molecule has 0 amide bonds. The monoisotopic (exact) mass is 456 g/mol. The Morgan fingerprint density at radius 1 is 0.970 bits per heavy atom. The van der Waals surface area contributed by atoms with E-state index in [9.17, 15) is 4.79 Å². The number of hydrogen-bond acceptors (Lipinski definition) is 5. The van der Waals surface area contributed by atoms with Crippen LogP contribution in [0.5, 0.6) is 5.75 Å². The number of carbonyl (C=O) groups excluding carboxylic acids is 1. The first-order valence-corrected chi connectivity index (χ1v) is 10.8. The van der Waals surface area contributed by atoms with E-state index in [-0.39, 0.29) is 11.5 Å². The van der Waals surface area contributed by atoms with Crippen LogP contribution in [-0.2, 0) is 0 Å². The number of hydrogen-bond donors (Lipinski definition) is 2. The number of carbonyl (C=O) groups is 1. The molecular formula is C27H21ClN2O3. The van der Waals surface area contributed by atoms with Crippen LogP contribution in [0, 0.1) is 0 Å². The molecule has 1 unspecified atom stereocenters. The third kappa shape index (κ3) is 3.82. The van der Waals surface area contributed by atoms with E-state index in [0.717, 1.165) is 21.7 Å². The van der Waals surface area contributed by atoms with E-state index in [1.807, 2.05) is 66.7 Å². The molecule has 5 nitrogen and oxygen atoms in total. The largest absolute Gasteiger partial charge is 0.495 e. The summed E-state index contributed by atoms with van der Waals surface area (Å²) in [6, 6.07) is 26.4. The van der Waals surface area contributed by atoms with Crippen molar-refractivity contribution in [2.45, 2.75) is 6.17 Å². The fourth-order valence-corrected chi connectivity index (χ4v) is 4.30. The Morgan fingerprint density at radius 3 is 2.48 bits per heavy atom. The predicted octanol–water partition coefficient (Wildman–Crippen LogP) is 6.55. The first kappa shape index (κ1) is 21.1. The van der Waals surface area contributed by atoms with E-state index in [1.165, 1.54) is 7.11 Å². The van der Waals surface area contributed by atoms with Crippen LogP contribution >= 0.6 is 11.6 Å². The molecule has 5 rings (SSSR count). The van der Waals surface area contributed by atoms with Gasteiger partial charge in [0.15, 0.2) is 5.76 Å². The molecule has 5 aromatic rings. The maximum atomic E-state index is 13.4. The third-order valence-electron chi connectivity index (χ3n) is 5.67. The minimum atomic E-state index is -0.567. The Morgan fingerprint density at radius 2 is 1.70 bits per heavy atom. The van der Waals surface area contributed by atoms with Crippen molar-refractivity contribution < 1.29 is 13.9 Å². The topological polar surface area (TPSA) is 77.5 Å². The lowest BCUT2D eigenvalue weighted by Crippen LogP contribution is -2.21. The zero-order chi connectivity index (χ0) is 22.9. The highest BCUT2D eigenvalue weighted by Gasteiger charge is 2.24. The zero-order valence-electron chi connectivity index (χ0n) is 17.8. The van der Waals surface area contributed by atoms with Gasteiger partial charge in [0, 0.05) is 10.9 Å². The molecule has 6 heteroatoms. The predicted molar refractivity (Wildman–Crippen MR) is 132 cm³/mol. The normalized spacial score (nSPS) is 12.1. The van der Waals surface area contributed by atoms with Crippen molar-refractivity contribution in [2.24, 2.45) is 5.73 Å². The van der Waals surface area contributed by atoms with Gasteiger partial charge in [-0.15, -0.1) is 0 Å². The van der Waals surface area contributed by atoms with Gasteiger partial charge in [-0.2, -0.15) is 0 Å². The average Bonchev–Trinajstić information content (AvgIpc) is 3.21. The smallest absolute Gasteiger partial charge is 0.230 e. The van der Waals surface area contributed by atoms with Gasteiger partial charge in [0.25, 0.3) is 0 Å². The van der Waals surface area contributed by atoms with Gasteiger partial charge in [-0.3, -0.25) is 4.79 Å². The molecule has 0 fully saturated rings. The fourth-order valence-electron chi connectivity index (χ4n) is 4.04. The highest BCUT2D eigenvalue weighted by Crippen LogP contribution is 2.36. The third-order valence-corrected chi connectivity index (χ3v) is 5.97. The minimum absolute atomic E-state index is 0.174. The lowest BCUT2D eigenvalue weighted by molar-refractivity contribution is 0.101. The highest BCUT2D eigenvalue weighted by molar-refractivity contribution is 6.32. The van der Waals surface area contributed by atoms with Crippen molar-refractivity contribution in [1.29, 1.82) is 0 Å². The SMILES string of the molecule is COc1ccc(C(=O)c2oc3ccccc3c2NC(N)c2cccc3ccccc23)cc1Cl. The second kappa shape index (κ2) is 8.62. The molecule has 0 bridgehead atoms. The fraction of sp³-hybridized carbons (Fsp3) is 0.0741. The van der Waals surface area contributed by atoms with Crippen molar-refractivity contribution in [1.82, 2.24) is 0 Å². The molecule has 164 valence electrons. The number of nitrogens with one attached hydrogen (secondary N) is 1. The van der Waals surface area contributed by atoms with Crippen LogP contribution < -0.4 is 15.8 Å². The number of furan rings is 1. The number of rotatable bonds is 6. The summed E-state index contributed by atoms with van der Waals surface area (Å²) in [5.41, 5.74) is 9.06. The molecule has 0 aliphatic heterocycles. The van der Waals surface area contributed by atoms with Crippen LogP contribution in [0.15, 0.2) is 89.3 Å². The molecule has 3 N–H and O–H groups in total. The van der Waals surface area contributed by atoms with Crippen LogP contribution in [0.25, 0.3) is 21.7 Å². The lowest BCUT2D eigenvalue weighted by atomic mass is 10.0. The van der Waals surface area contributed by atoms with Gasteiger partial charge >= 0.3 is 0 Å². The first-order valence-electron chi connectivity index (χ1n) is 10.5. The Balaban J connectivity index is 1.59. The van der Waals surface area contributed by atoms with Crippen molar-refractivity contribution in [3.8, 4) is 5.75 Å². The lowest BCUT2D eigenvalue weighted by Gasteiger charge is -2.18. The van der Waals surface area contributed by atoms with E-state index in [0.29, 0.717) is 27.6 Å². The molecular weight excluding hydrogens is 436 g/mol. The second-order valence-corrected chi connectivity index (χ2v) is 8.08. The van der Waals surface area contributed by atoms with Crippen LogP contribution in [0.4, 0.5) is 5.69 Å². The molecule has 33 heavy (non-hydrogen) atoms. The molecule has 0 spiro atoms. The minimum Gasteiger partial charge on any atom is -0.495 e. The van der Waals surface area contributed by atoms with Gasteiger partial charge in [-0.1, -0.05) is 66.2 Å². The number of ketones is 1. The summed E-state index contributed by atoms with van der Waals surface area (Å²) in [6.07, 6.45) is -0.567. The maximum absolute atomic E-state index is 13.4. The van der Waals surface area contributed by atoms with Gasteiger partial charge < -0.3 is 20.2 Å². The number of ether oxygens (including phenoxy) is 1. The average molecular weight is 457 g/mol. The number of fused-ring (bicyclic) bond motifs is 2. The Labute approximate surface area is 195 Å². The van der Waals surface area contributed by atoms with Crippen molar-refractivity contribution in [3.63, 3.8) is 0 Å². The van der Waals surface area contributed by atoms with Crippen molar-refractivity contribution in [2.75, 3.05) is 12.4 Å². The number of para-hydroxylation sites is 1. The van der Waals surface area contributed by atoms with Gasteiger partial charge in [-0.05, 0) is 46.7 Å². The molecule has 1 aromatic heterocycles. The standard InChI is InChI=1S/C27H21ClN2O3/c1-32-23-14-13-17(15-21(23)28)25(31)26-24(20-10-4-5-12-22(20)33-26)30-27(29)19-11-6-8-16-7-2-3-9-18(16)19/h2-15,27,30H,29H2,1H3. The van der Waals surface area contributed by atoms with Crippen molar-refractivity contribution >= 4 is 44.8 Å². The number of nitrogens with two attached hydrogens (primary N) is 1. The summed E-state index contributed by atoms with van der Waals surface area (Å²) in [5.74, 6) is 0.366. The molecule has 4 aromatic carbocycles. The molecule has 0 aliphatic carbocycles. The summed E-state index contributed by atoms with van der Waals surface area (Å²) in [6.45, 7) is 0. The van der Waals surface area contributed by atoms with Crippen LogP contribution in [0.3, 0.4) is 0 Å². The van der Waals surface area contributed by atoms with E-state index in [2.05, 4.69) is 5.32 Å². The van der Waals surface area contributed by atoms with Gasteiger partial charge in [-0.25, -0.2) is 0 Å². The summed E-state index contributed by atoms with van der Waals surface area (Å²) >= 11 is 6.26. The summed E-state index contributed by atoms with van der Waals surface area (Å²) in [5, 5.41) is 6.59. The van der Waals surface area contributed by atoms with Crippen LogP contribution in [0.2, 0.25) is 5.02 Å². The number of halogens is 1. The first-order chi connectivity index (χ1) is 16.1. The van der Waals surface area contributed by atoms with Crippen LogP contribution in [0.1, 0.15) is 27.8 Å². The van der Waals surface area contributed by atoms with E-state index in [1.54, 1.807) is 18.2 Å². The van der Waals surface area contributed by atoms with E-state index in [4.69, 9.17) is 26.5 Å². The zero-order valence-corrected chi connectivity index (χ0v) is 18.6. The Hall–Kier alpha value is -3.80. The Kier molecular flexibility index (Phi) is 5.50. The number of benzene rings is 4. The van der Waals surface area contributed by atoms with Gasteiger partial charge in [0.05, 0.1) is 17.8 Å². The highest BCUT2D eigenvalue weighted by atomic mass is 35.5. The summed E-state index contributed by atoms with van der Waals surface area (Å²) < 4.78 is 11.2. The summed E-state index contributed by atoms with van der Waals surface area (Å²) in [7, 11) is 1.53. The molecule has 0 saturated heterocycles. The number of methoxy groups -OCH3 is 1. The molecule has 1 heterocycles. The second-order valence-electron chi connectivity index (χ2n) is 7.67. The summed E-state index contributed by atoms with van der Waals surface area (Å²) in [4.78, 5) is 13.4. The maximum Gasteiger partial charge on any atom is 0.230 e. The Bertz CT molecular complexity index is 1490. The van der Waals surface area contributed by atoms with E-state index < -0.39 is 6.17 Å². The van der Waals surface area contributed by atoms with Crippen LogP contribution in [-0.4, -0.2) is 12.9 Å².